The van der Waals surface area contributed by atoms with Crippen molar-refractivity contribution in [1.82, 2.24) is 10.2 Å². The number of nitrogens with one attached hydrogen (secondary N) is 1. The molecular weight excluding hydrogens is 283 g/mol. The summed E-state index contributed by atoms with van der Waals surface area (Å²) in [6.07, 6.45) is 0.407. The highest BCUT2D eigenvalue weighted by molar-refractivity contribution is 6.42. The first-order chi connectivity index (χ1) is 9.13. The molecule has 2 aliphatic heterocycles. The number of hydrogen-bond donors (Lipinski definition) is 1. The average Bonchev–Trinajstić information content (AvgIpc) is 2.94. The fourth-order valence-corrected chi connectivity index (χ4v) is 3.32. The summed E-state index contributed by atoms with van der Waals surface area (Å²) < 4.78 is 0. The van der Waals surface area contributed by atoms with Crippen LogP contribution in [0.5, 0.6) is 0 Å². The predicted octanol–water partition coefficient (Wildman–Crippen LogP) is 2.21. The molecule has 1 amide bonds. The number of hydrogen-bond acceptors (Lipinski definition) is 2. The number of nitrogens with zero attached hydrogens (tertiary/aromatic N) is 1. The van der Waals surface area contributed by atoms with Gasteiger partial charge in [-0.25, -0.2) is 0 Å². The largest absolute Gasteiger partial charge is 0.342 e. The molecule has 0 aromatic heterocycles. The van der Waals surface area contributed by atoms with Crippen molar-refractivity contribution in [3.63, 3.8) is 0 Å². The van der Waals surface area contributed by atoms with Crippen molar-refractivity contribution in [3.8, 4) is 0 Å². The maximum Gasteiger partial charge on any atom is 0.227 e. The summed E-state index contributed by atoms with van der Waals surface area (Å²) in [6, 6.07) is 5.39. The van der Waals surface area contributed by atoms with Gasteiger partial charge in [-0.2, -0.15) is 0 Å². The summed E-state index contributed by atoms with van der Waals surface area (Å²) in [5.74, 6) is 1.46. The summed E-state index contributed by atoms with van der Waals surface area (Å²) in [7, 11) is 0. The van der Waals surface area contributed by atoms with Gasteiger partial charge < -0.3 is 10.2 Å². The van der Waals surface area contributed by atoms with E-state index in [-0.39, 0.29) is 5.91 Å². The Bertz CT molecular complexity index is 494. The van der Waals surface area contributed by atoms with Gasteiger partial charge in [-0.1, -0.05) is 29.3 Å². The number of rotatable bonds is 2. The third kappa shape index (κ3) is 2.73. The van der Waals surface area contributed by atoms with Gasteiger partial charge >= 0.3 is 0 Å². The fourth-order valence-electron chi connectivity index (χ4n) is 3.00. The van der Waals surface area contributed by atoms with E-state index in [9.17, 15) is 4.79 Å². The predicted molar refractivity (Wildman–Crippen MR) is 76.6 cm³/mol. The maximum atomic E-state index is 12.3. The van der Waals surface area contributed by atoms with Gasteiger partial charge in [0, 0.05) is 26.2 Å². The van der Waals surface area contributed by atoms with Gasteiger partial charge in [0.2, 0.25) is 5.91 Å². The second-order valence-electron chi connectivity index (χ2n) is 5.40. The summed E-state index contributed by atoms with van der Waals surface area (Å²) in [5, 5.41) is 4.41. The Morgan fingerprint density at radius 2 is 1.89 bits per heavy atom. The molecule has 1 aromatic rings. The third-order valence-corrected chi connectivity index (χ3v) is 4.82. The minimum Gasteiger partial charge on any atom is -0.342 e. The molecule has 0 spiro atoms. The van der Waals surface area contributed by atoms with Crippen LogP contribution in [-0.2, 0) is 11.2 Å². The molecule has 0 saturated carbocycles. The standard InChI is InChI=1S/C14H16Cl2N2O/c15-12-2-1-9(3-13(12)16)4-14(19)18-7-10-5-17-6-11(10)8-18/h1-3,10-11,17H,4-8H2. The lowest BCUT2D eigenvalue weighted by Crippen LogP contribution is -2.32. The number of likely N-dealkylation sites (tertiary alicyclic amines) is 1. The van der Waals surface area contributed by atoms with E-state index in [1.807, 2.05) is 11.0 Å². The molecule has 0 aliphatic carbocycles. The van der Waals surface area contributed by atoms with Crippen LogP contribution < -0.4 is 5.32 Å². The zero-order valence-corrected chi connectivity index (χ0v) is 12.0. The lowest BCUT2D eigenvalue weighted by Gasteiger charge is -2.17. The summed E-state index contributed by atoms with van der Waals surface area (Å²) in [4.78, 5) is 14.3. The maximum absolute atomic E-state index is 12.3. The van der Waals surface area contributed by atoms with E-state index < -0.39 is 0 Å². The Balaban J connectivity index is 1.63. The van der Waals surface area contributed by atoms with Crippen LogP contribution >= 0.6 is 23.2 Å². The van der Waals surface area contributed by atoms with E-state index in [1.165, 1.54) is 0 Å². The van der Waals surface area contributed by atoms with Gasteiger partial charge in [-0.3, -0.25) is 4.79 Å². The van der Waals surface area contributed by atoms with Gasteiger partial charge in [-0.05, 0) is 29.5 Å². The van der Waals surface area contributed by atoms with E-state index in [0.29, 0.717) is 28.3 Å². The van der Waals surface area contributed by atoms with Crippen molar-refractivity contribution in [1.29, 1.82) is 0 Å². The first-order valence-electron chi connectivity index (χ1n) is 6.56. The molecule has 5 heteroatoms. The van der Waals surface area contributed by atoms with Crippen LogP contribution in [0.1, 0.15) is 5.56 Å². The van der Waals surface area contributed by atoms with Crippen molar-refractivity contribution in [3.05, 3.63) is 33.8 Å². The number of carbonyl (C=O) groups excluding carboxylic acids is 1. The van der Waals surface area contributed by atoms with Crippen LogP contribution in [0.4, 0.5) is 0 Å². The van der Waals surface area contributed by atoms with Crippen molar-refractivity contribution in [2.75, 3.05) is 26.2 Å². The normalized spacial score (nSPS) is 25.7. The Kier molecular flexibility index (Phi) is 3.70. The molecular formula is C14H16Cl2N2O. The van der Waals surface area contributed by atoms with E-state index in [2.05, 4.69) is 5.32 Å². The number of fused-ring (bicyclic) bond motifs is 1. The zero-order valence-electron chi connectivity index (χ0n) is 10.5. The topological polar surface area (TPSA) is 32.3 Å². The van der Waals surface area contributed by atoms with Crippen LogP contribution in [0.25, 0.3) is 0 Å². The van der Waals surface area contributed by atoms with Crippen LogP contribution in [0.2, 0.25) is 10.0 Å². The minimum atomic E-state index is 0.188. The van der Waals surface area contributed by atoms with Crippen LogP contribution in [0.15, 0.2) is 18.2 Å². The molecule has 2 fully saturated rings. The highest BCUT2D eigenvalue weighted by Crippen LogP contribution is 2.27. The smallest absolute Gasteiger partial charge is 0.227 e. The molecule has 2 saturated heterocycles. The first-order valence-corrected chi connectivity index (χ1v) is 7.31. The molecule has 0 bridgehead atoms. The molecule has 2 unspecified atom stereocenters. The van der Waals surface area contributed by atoms with Gasteiger partial charge in [0.05, 0.1) is 16.5 Å². The number of carbonyl (C=O) groups is 1. The van der Waals surface area contributed by atoms with Crippen LogP contribution in [-0.4, -0.2) is 37.0 Å². The Labute approximate surface area is 122 Å². The molecule has 3 rings (SSSR count). The van der Waals surface area contributed by atoms with Gasteiger partial charge in [0.15, 0.2) is 0 Å². The van der Waals surface area contributed by atoms with Crippen molar-refractivity contribution in [2.45, 2.75) is 6.42 Å². The first kappa shape index (κ1) is 13.2. The van der Waals surface area contributed by atoms with Crippen LogP contribution in [0.3, 0.4) is 0 Å². The molecule has 2 aliphatic rings. The number of amides is 1. The van der Waals surface area contributed by atoms with E-state index in [1.54, 1.807) is 12.1 Å². The van der Waals surface area contributed by atoms with Crippen molar-refractivity contribution >= 4 is 29.1 Å². The Hall–Kier alpha value is -0.770. The quantitative estimate of drug-likeness (QED) is 0.908. The molecule has 19 heavy (non-hydrogen) atoms. The lowest BCUT2D eigenvalue weighted by molar-refractivity contribution is -0.129. The molecule has 2 atom stereocenters. The lowest BCUT2D eigenvalue weighted by atomic mass is 10.0. The average molecular weight is 299 g/mol. The Morgan fingerprint density at radius 1 is 1.21 bits per heavy atom. The molecule has 1 N–H and O–H groups in total. The summed E-state index contributed by atoms with van der Waals surface area (Å²) >= 11 is 11.8. The summed E-state index contributed by atoms with van der Waals surface area (Å²) in [6.45, 7) is 3.86. The minimum absolute atomic E-state index is 0.188. The molecule has 3 nitrogen and oxygen atoms in total. The van der Waals surface area contributed by atoms with E-state index in [0.717, 1.165) is 31.7 Å². The van der Waals surface area contributed by atoms with Gasteiger partial charge in [-0.15, -0.1) is 0 Å². The van der Waals surface area contributed by atoms with Crippen molar-refractivity contribution in [2.24, 2.45) is 11.8 Å². The second-order valence-corrected chi connectivity index (χ2v) is 6.22. The van der Waals surface area contributed by atoms with E-state index in [4.69, 9.17) is 23.2 Å². The van der Waals surface area contributed by atoms with Crippen LogP contribution in [0, 0.1) is 11.8 Å². The van der Waals surface area contributed by atoms with E-state index >= 15 is 0 Å². The Morgan fingerprint density at radius 3 is 2.53 bits per heavy atom. The zero-order chi connectivity index (χ0) is 13.4. The summed E-state index contributed by atoms with van der Waals surface area (Å²) in [5.41, 5.74) is 0.926. The van der Waals surface area contributed by atoms with Crippen molar-refractivity contribution < 1.29 is 4.79 Å². The number of halogens is 2. The second kappa shape index (κ2) is 5.31. The van der Waals surface area contributed by atoms with Gasteiger partial charge in [0.25, 0.3) is 0 Å². The SMILES string of the molecule is O=C(Cc1ccc(Cl)c(Cl)c1)N1CC2CNCC2C1. The van der Waals surface area contributed by atoms with Gasteiger partial charge in [0.1, 0.15) is 0 Å². The number of benzene rings is 1. The third-order valence-electron chi connectivity index (χ3n) is 4.08. The molecule has 0 radical (unpaired) electrons. The molecule has 102 valence electrons. The highest BCUT2D eigenvalue weighted by atomic mass is 35.5. The fraction of sp³-hybridized carbons (Fsp3) is 0.500. The molecule has 2 heterocycles. The monoisotopic (exact) mass is 298 g/mol. The molecule has 1 aromatic carbocycles. The highest BCUT2D eigenvalue weighted by Gasteiger charge is 2.37.